The molecule has 2 rings (SSSR count). The molecule has 1 heterocycles. The molecular formula is C13H20OS. The van der Waals surface area contributed by atoms with Crippen LogP contribution in [0.2, 0.25) is 0 Å². The van der Waals surface area contributed by atoms with Crippen LogP contribution in [0.1, 0.15) is 44.6 Å². The quantitative estimate of drug-likeness (QED) is 0.831. The van der Waals surface area contributed by atoms with Crippen LogP contribution in [0.3, 0.4) is 0 Å². The molecule has 15 heavy (non-hydrogen) atoms. The van der Waals surface area contributed by atoms with Crippen LogP contribution in [0, 0.1) is 5.92 Å². The van der Waals surface area contributed by atoms with E-state index in [4.69, 9.17) is 0 Å². The Morgan fingerprint density at radius 1 is 1.60 bits per heavy atom. The minimum absolute atomic E-state index is 0.417. The van der Waals surface area contributed by atoms with E-state index in [0.717, 1.165) is 25.2 Å². The average Bonchev–Trinajstić information content (AvgIpc) is 2.69. The number of hydrogen-bond donors (Lipinski definition) is 1. The van der Waals surface area contributed by atoms with E-state index in [1.807, 2.05) is 0 Å². The molecule has 0 spiro atoms. The molecule has 2 atom stereocenters. The fourth-order valence-corrected chi connectivity index (χ4v) is 3.41. The summed E-state index contributed by atoms with van der Waals surface area (Å²) in [6.45, 7) is 2.24. The molecule has 1 aliphatic carbocycles. The van der Waals surface area contributed by atoms with Crippen LogP contribution in [-0.2, 0) is 6.42 Å². The van der Waals surface area contributed by atoms with Gasteiger partial charge in [0.1, 0.15) is 0 Å². The van der Waals surface area contributed by atoms with Gasteiger partial charge in [-0.1, -0.05) is 26.2 Å². The normalized spacial score (nSPS) is 31.7. The highest BCUT2D eigenvalue weighted by Crippen LogP contribution is 2.36. The minimum atomic E-state index is -0.417. The van der Waals surface area contributed by atoms with Crippen LogP contribution in [0.5, 0.6) is 0 Å². The van der Waals surface area contributed by atoms with Crippen molar-refractivity contribution in [3.63, 3.8) is 0 Å². The molecule has 2 unspecified atom stereocenters. The van der Waals surface area contributed by atoms with Crippen LogP contribution < -0.4 is 0 Å². The maximum Gasteiger partial charge on any atom is 0.0690 e. The van der Waals surface area contributed by atoms with Gasteiger partial charge in [0, 0.05) is 6.42 Å². The van der Waals surface area contributed by atoms with Gasteiger partial charge in [-0.3, -0.25) is 0 Å². The highest BCUT2D eigenvalue weighted by atomic mass is 32.1. The molecule has 1 fully saturated rings. The third-order valence-electron chi connectivity index (χ3n) is 3.61. The average molecular weight is 224 g/mol. The predicted octanol–water partition coefficient (Wildman–Crippen LogP) is 3.62. The number of aliphatic hydroxyl groups is 1. The Morgan fingerprint density at radius 3 is 3.13 bits per heavy atom. The Labute approximate surface area is 96.1 Å². The summed E-state index contributed by atoms with van der Waals surface area (Å²) in [5, 5.41) is 14.8. The van der Waals surface area contributed by atoms with E-state index in [-0.39, 0.29) is 0 Å². The maximum atomic E-state index is 10.5. The van der Waals surface area contributed by atoms with Crippen molar-refractivity contribution in [3.8, 4) is 0 Å². The van der Waals surface area contributed by atoms with Crippen molar-refractivity contribution in [1.29, 1.82) is 0 Å². The topological polar surface area (TPSA) is 20.2 Å². The molecule has 1 aliphatic rings. The molecule has 1 nitrogen and oxygen atoms in total. The Bertz CT molecular complexity index is 293. The third kappa shape index (κ3) is 2.82. The standard InChI is InChI=1S/C13H20OS/c1-2-11-4-3-6-13(14,8-11)9-12-5-7-15-10-12/h5,7,10-11,14H,2-4,6,8-9H2,1H3. The van der Waals surface area contributed by atoms with Crippen molar-refractivity contribution >= 4 is 11.3 Å². The summed E-state index contributed by atoms with van der Waals surface area (Å²) < 4.78 is 0. The zero-order valence-corrected chi connectivity index (χ0v) is 10.2. The van der Waals surface area contributed by atoms with E-state index in [9.17, 15) is 5.11 Å². The lowest BCUT2D eigenvalue weighted by Gasteiger charge is -2.36. The minimum Gasteiger partial charge on any atom is -0.390 e. The largest absolute Gasteiger partial charge is 0.390 e. The molecule has 1 aromatic rings. The molecule has 0 aromatic carbocycles. The van der Waals surface area contributed by atoms with Crippen LogP contribution in [0.15, 0.2) is 16.8 Å². The number of hydrogen-bond acceptors (Lipinski definition) is 2. The molecule has 1 saturated carbocycles. The number of thiophene rings is 1. The molecule has 1 aromatic heterocycles. The van der Waals surface area contributed by atoms with Crippen LogP contribution >= 0.6 is 11.3 Å². The first kappa shape index (κ1) is 11.2. The summed E-state index contributed by atoms with van der Waals surface area (Å²) in [6, 6.07) is 2.14. The molecule has 0 amide bonds. The molecule has 0 aliphatic heterocycles. The first-order chi connectivity index (χ1) is 7.22. The highest BCUT2D eigenvalue weighted by molar-refractivity contribution is 7.07. The Balaban J connectivity index is 1.99. The third-order valence-corrected chi connectivity index (χ3v) is 4.35. The zero-order valence-electron chi connectivity index (χ0n) is 9.41. The van der Waals surface area contributed by atoms with Gasteiger partial charge >= 0.3 is 0 Å². The molecule has 1 N–H and O–H groups in total. The Hall–Kier alpha value is -0.340. The second kappa shape index (κ2) is 4.67. The molecule has 0 radical (unpaired) electrons. The summed E-state index contributed by atoms with van der Waals surface area (Å²) >= 11 is 1.72. The Morgan fingerprint density at radius 2 is 2.47 bits per heavy atom. The molecule has 0 saturated heterocycles. The van der Waals surface area contributed by atoms with Crippen molar-refractivity contribution in [3.05, 3.63) is 22.4 Å². The second-order valence-electron chi connectivity index (χ2n) is 4.90. The van der Waals surface area contributed by atoms with E-state index >= 15 is 0 Å². The lowest BCUT2D eigenvalue weighted by Crippen LogP contribution is -2.37. The summed E-state index contributed by atoms with van der Waals surface area (Å²) in [4.78, 5) is 0. The SMILES string of the molecule is CCC1CCCC(O)(Cc2ccsc2)C1. The predicted molar refractivity (Wildman–Crippen MR) is 65.2 cm³/mol. The van der Waals surface area contributed by atoms with Gasteiger partial charge in [0.15, 0.2) is 0 Å². The van der Waals surface area contributed by atoms with Gasteiger partial charge in [0.2, 0.25) is 0 Å². The van der Waals surface area contributed by atoms with E-state index in [0.29, 0.717) is 0 Å². The molecule has 2 heteroatoms. The van der Waals surface area contributed by atoms with Crippen molar-refractivity contribution in [2.24, 2.45) is 5.92 Å². The van der Waals surface area contributed by atoms with Crippen LogP contribution in [-0.4, -0.2) is 10.7 Å². The van der Waals surface area contributed by atoms with Gasteiger partial charge < -0.3 is 5.11 Å². The first-order valence-electron chi connectivity index (χ1n) is 5.95. The summed E-state index contributed by atoms with van der Waals surface area (Å²) in [5.74, 6) is 0.738. The zero-order chi connectivity index (χ0) is 10.7. The molecule has 0 bridgehead atoms. The van der Waals surface area contributed by atoms with E-state index in [1.165, 1.54) is 24.8 Å². The van der Waals surface area contributed by atoms with Crippen molar-refractivity contribution in [2.75, 3.05) is 0 Å². The number of rotatable bonds is 3. The van der Waals surface area contributed by atoms with Crippen molar-refractivity contribution < 1.29 is 5.11 Å². The van der Waals surface area contributed by atoms with Gasteiger partial charge in [-0.25, -0.2) is 0 Å². The molecule has 84 valence electrons. The van der Waals surface area contributed by atoms with Crippen molar-refractivity contribution in [2.45, 2.75) is 51.0 Å². The summed E-state index contributed by atoms with van der Waals surface area (Å²) in [6.07, 6.45) is 6.55. The fraction of sp³-hybridized carbons (Fsp3) is 0.692. The van der Waals surface area contributed by atoms with Gasteiger partial charge in [0.05, 0.1) is 5.60 Å². The van der Waals surface area contributed by atoms with Gasteiger partial charge in [-0.2, -0.15) is 11.3 Å². The smallest absolute Gasteiger partial charge is 0.0690 e. The highest BCUT2D eigenvalue weighted by Gasteiger charge is 2.33. The monoisotopic (exact) mass is 224 g/mol. The first-order valence-corrected chi connectivity index (χ1v) is 6.89. The van der Waals surface area contributed by atoms with Crippen molar-refractivity contribution in [1.82, 2.24) is 0 Å². The summed E-state index contributed by atoms with van der Waals surface area (Å²) in [7, 11) is 0. The fourth-order valence-electron chi connectivity index (χ4n) is 2.74. The van der Waals surface area contributed by atoms with E-state index in [2.05, 4.69) is 23.8 Å². The van der Waals surface area contributed by atoms with Gasteiger partial charge in [-0.15, -0.1) is 0 Å². The molecular weight excluding hydrogens is 204 g/mol. The van der Waals surface area contributed by atoms with Crippen LogP contribution in [0.4, 0.5) is 0 Å². The van der Waals surface area contributed by atoms with Crippen LogP contribution in [0.25, 0.3) is 0 Å². The Kier molecular flexibility index (Phi) is 3.47. The van der Waals surface area contributed by atoms with E-state index in [1.54, 1.807) is 11.3 Å². The lowest BCUT2D eigenvalue weighted by atomic mass is 9.74. The maximum absolute atomic E-state index is 10.5. The lowest BCUT2D eigenvalue weighted by molar-refractivity contribution is -0.0161. The van der Waals surface area contributed by atoms with E-state index < -0.39 is 5.60 Å². The summed E-state index contributed by atoms with van der Waals surface area (Å²) in [5.41, 5.74) is 0.888. The van der Waals surface area contributed by atoms with Gasteiger partial charge in [0.25, 0.3) is 0 Å². The second-order valence-corrected chi connectivity index (χ2v) is 5.68. The van der Waals surface area contributed by atoms with Gasteiger partial charge in [-0.05, 0) is 41.1 Å².